The molecule has 0 bridgehead atoms. The fourth-order valence-electron chi connectivity index (χ4n) is 6.86. The Kier molecular flexibility index (Phi) is 5.84. The molecular formula is C42H26N4O2. The van der Waals surface area contributed by atoms with Crippen LogP contribution >= 0.6 is 0 Å². The van der Waals surface area contributed by atoms with Crippen molar-refractivity contribution in [3.05, 3.63) is 162 Å². The Morgan fingerprint density at radius 2 is 1.31 bits per heavy atom. The van der Waals surface area contributed by atoms with Gasteiger partial charge in [-0.3, -0.25) is 0 Å². The average molecular weight is 619 g/mol. The normalized spacial score (nSPS) is 14.9. The molecule has 1 aliphatic heterocycles. The number of para-hydroxylation sites is 3. The number of aromatic nitrogens is 1. The number of hydrogen-bond donors (Lipinski definition) is 1. The van der Waals surface area contributed by atoms with Crippen LogP contribution in [0.1, 0.15) is 22.9 Å². The quantitative estimate of drug-likeness (QED) is 0.213. The highest BCUT2D eigenvalue weighted by Crippen LogP contribution is 2.42. The van der Waals surface area contributed by atoms with Gasteiger partial charge < -0.3 is 14.2 Å². The highest BCUT2D eigenvalue weighted by atomic mass is 16.3. The molecule has 10 rings (SSSR count). The van der Waals surface area contributed by atoms with Crippen molar-refractivity contribution in [3.8, 4) is 11.1 Å². The molecule has 1 aliphatic rings. The van der Waals surface area contributed by atoms with E-state index in [1.807, 2.05) is 84.9 Å². The summed E-state index contributed by atoms with van der Waals surface area (Å²) in [5, 5.41) is 7.78. The summed E-state index contributed by atoms with van der Waals surface area (Å²) in [6.07, 6.45) is -0.487. The summed E-state index contributed by atoms with van der Waals surface area (Å²) in [7, 11) is 0. The SMILES string of the molecule is c1ccc(C2=NC(c3cc(-c4cccc5c4oc4ccccc45)cc4oc5cc6ccccc6nc5c34)NC(c3ccccc3)=N2)cc1. The van der Waals surface area contributed by atoms with Crippen molar-refractivity contribution in [1.82, 2.24) is 10.3 Å². The van der Waals surface area contributed by atoms with Crippen LogP contribution in [-0.4, -0.2) is 16.7 Å². The molecule has 6 aromatic carbocycles. The number of fused-ring (bicyclic) bond motifs is 7. The molecule has 48 heavy (non-hydrogen) atoms. The maximum absolute atomic E-state index is 6.65. The van der Waals surface area contributed by atoms with Crippen molar-refractivity contribution in [1.29, 1.82) is 0 Å². The predicted molar refractivity (Wildman–Crippen MR) is 194 cm³/mol. The largest absolute Gasteiger partial charge is 0.455 e. The minimum atomic E-state index is -0.487. The maximum Gasteiger partial charge on any atom is 0.159 e. The molecule has 6 nitrogen and oxygen atoms in total. The number of amidine groups is 2. The summed E-state index contributed by atoms with van der Waals surface area (Å²) in [6.45, 7) is 0. The number of nitrogens with zero attached hydrogens (tertiary/aromatic N) is 3. The molecule has 0 saturated carbocycles. The lowest BCUT2D eigenvalue weighted by Crippen LogP contribution is -2.33. The monoisotopic (exact) mass is 618 g/mol. The van der Waals surface area contributed by atoms with Crippen LogP contribution in [0.5, 0.6) is 0 Å². The van der Waals surface area contributed by atoms with Gasteiger partial charge in [-0.05, 0) is 35.9 Å². The smallest absolute Gasteiger partial charge is 0.159 e. The van der Waals surface area contributed by atoms with Gasteiger partial charge in [-0.2, -0.15) is 0 Å². The van der Waals surface area contributed by atoms with Gasteiger partial charge in [-0.1, -0.05) is 115 Å². The lowest BCUT2D eigenvalue weighted by Gasteiger charge is -2.24. The van der Waals surface area contributed by atoms with E-state index >= 15 is 0 Å². The summed E-state index contributed by atoms with van der Waals surface area (Å²) in [4.78, 5) is 15.4. The van der Waals surface area contributed by atoms with E-state index in [0.29, 0.717) is 5.84 Å². The minimum Gasteiger partial charge on any atom is -0.455 e. The summed E-state index contributed by atoms with van der Waals surface area (Å²) < 4.78 is 13.1. The first-order valence-electron chi connectivity index (χ1n) is 16.0. The Morgan fingerprint density at radius 3 is 2.19 bits per heavy atom. The lowest BCUT2D eigenvalue weighted by molar-refractivity contribution is 0.662. The Labute approximate surface area is 274 Å². The highest BCUT2D eigenvalue weighted by molar-refractivity contribution is 6.15. The molecular weight excluding hydrogens is 592 g/mol. The van der Waals surface area contributed by atoms with E-state index in [9.17, 15) is 0 Å². The van der Waals surface area contributed by atoms with Gasteiger partial charge in [0, 0.05) is 38.4 Å². The Morgan fingerprint density at radius 1 is 0.562 bits per heavy atom. The van der Waals surface area contributed by atoms with E-state index < -0.39 is 6.17 Å². The second kappa shape index (κ2) is 10.5. The summed E-state index contributed by atoms with van der Waals surface area (Å²) in [5.41, 5.74) is 9.66. The number of pyridine rings is 1. The molecule has 1 unspecified atom stereocenters. The lowest BCUT2D eigenvalue weighted by atomic mass is 9.96. The second-order valence-electron chi connectivity index (χ2n) is 12.0. The van der Waals surface area contributed by atoms with Gasteiger partial charge in [0.15, 0.2) is 11.4 Å². The first kappa shape index (κ1) is 26.7. The maximum atomic E-state index is 6.65. The van der Waals surface area contributed by atoms with Gasteiger partial charge in [-0.15, -0.1) is 0 Å². The highest BCUT2D eigenvalue weighted by Gasteiger charge is 2.27. The van der Waals surface area contributed by atoms with E-state index in [1.165, 1.54) is 0 Å². The zero-order chi connectivity index (χ0) is 31.6. The molecule has 3 aromatic heterocycles. The predicted octanol–water partition coefficient (Wildman–Crippen LogP) is 10.2. The molecule has 0 saturated heterocycles. The van der Waals surface area contributed by atoms with E-state index in [0.717, 1.165) is 88.6 Å². The molecule has 0 amide bonds. The first-order valence-corrected chi connectivity index (χ1v) is 16.0. The average Bonchev–Trinajstić information content (AvgIpc) is 3.72. The Balaban J connectivity index is 1.26. The number of hydrogen-bond acceptors (Lipinski definition) is 6. The van der Waals surface area contributed by atoms with Crippen LogP contribution in [0.25, 0.3) is 66.0 Å². The third-order valence-corrected chi connectivity index (χ3v) is 9.11. The van der Waals surface area contributed by atoms with Crippen LogP contribution in [0, 0.1) is 0 Å². The van der Waals surface area contributed by atoms with E-state index in [2.05, 4.69) is 66.0 Å². The number of benzene rings is 6. The molecule has 0 radical (unpaired) electrons. The summed E-state index contributed by atoms with van der Waals surface area (Å²) in [6, 6.07) is 49.3. The van der Waals surface area contributed by atoms with Crippen LogP contribution < -0.4 is 5.32 Å². The van der Waals surface area contributed by atoms with Crippen LogP contribution in [-0.2, 0) is 0 Å². The van der Waals surface area contributed by atoms with Crippen LogP contribution in [0.2, 0.25) is 0 Å². The molecule has 0 aliphatic carbocycles. The van der Waals surface area contributed by atoms with Gasteiger partial charge >= 0.3 is 0 Å². The fraction of sp³-hybridized carbons (Fsp3) is 0.0238. The minimum absolute atomic E-state index is 0.487. The number of aliphatic imine (C=N–C) groups is 2. The Bertz CT molecular complexity index is 2760. The standard InChI is InChI=1S/C42H26N4O2/c1-3-12-25(13-4-1)40-44-41(26-14-5-2-6-15-26)46-42(45-40)32-22-28(29-18-11-19-31-30-17-8-10-21-34(30)48-39(29)31)24-35-37(32)38-36(47-35)23-27-16-7-9-20-33(27)43-38/h1-24,42H,(H,44,45,46). The van der Waals surface area contributed by atoms with Crippen molar-refractivity contribution in [3.63, 3.8) is 0 Å². The van der Waals surface area contributed by atoms with Crippen molar-refractivity contribution in [2.75, 3.05) is 0 Å². The van der Waals surface area contributed by atoms with Gasteiger partial charge in [0.05, 0.1) is 10.9 Å². The molecule has 1 atom stereocenters. The van der Waals surface area contributed by atoms with Crippen molar-refractivity contribution >= 4 is 66.6 Å². The topological polar surface area (TPSA) is 75.9 Å². The number of furan rings is 2. The van der Waals surface area contributed by atoms with Gasteiger partial charge in [-0.25, -0.2) is 15.0 Å². The van der Waals surface area contributed by atoms with E-state index in [-0.39, 0.29) is 0 Å². The van der Waals surface area contributed by atoms with Gasteiger partial charge in [0.1, 0.15) is 34.3 Å². The molecule has 4 heterocycles. The van der Waals surface area contributed by atoms with Crippen molar-refractivity contribution < 1.29 is 8.83 Å². The van der Waals surface area contributed by atoms with Gasteiger partial charge in [0.2, 0.25) is 0 Å². The van der Waals surface area contributed by atoms with E-state index in [4.69, 9.17) is 23.8 Å². The van der Waals surface area contributed by atoms with Crippen molar-refractivity contribution in [2.24, 2.45) is 9.98 Å². The molecule has 226 valence electrons. The van der Waals surface area contributed by atoms with Crippen LogP contribution in [0.4, 0.5) is 0 Å². The zero-order valence-corrected chi connectivity index (χ0v) is 25.6. The third kappa shape index (κ3) is 4.23. The third-order valence-electron chi connectivity index (χ3n) is 9.11. The molecule has 0 fully saturated rings. The van der Waals surface area contributed by atoms with Crippen LogP contribution in [0.3, 0.4) is 0 Å². The molecule has 1 N–H and O–H groups in total. The summed E-state index contributed by atoms with van der Waals surface area (Å²) >= 11 is 0. The number of nitrogens with one attached hydrogen (secondary N) is 1. The molecule has 0 spiro atoms. The van der Waals surface area contributed by atoms with E-state index in [1.54, 1.807) is 0 Å². The van der Waals surface area contributed by atoms with Crippen molar-refractivity contribution in [2.45, 2.75) is 6.17 Å². The second-order valence-corrected chi connectivity index (χ2v) is 12.0. The zero-order valence-electron chi connectivity index (χ0n) is 25.6. The first-order chi connectivity index (χ1) is 23.8. The van der Waals surface area contributed by atoms with Crippen LogP contribution in [0.15, 0.2) is 164 Å². The Hall–Kier alpha value is -6.53. The van der Waals surface area contributed by atoms with Gasteiger partial charge in [0.25, 0.3) is 0 Å². The molecule has 9 aromatic rings. The summed E-state index contributed by atoms with van der Waals surface area (Å²) in [5.74, 6) is 1.40. The number of rotatable bonds is 4. The fourth-order valence-corrected chi connectivity index (χ4v) is 6.86. The molecule has 6 heteroatoms.